The molecule has 0 aromatic heterocycles. The summed E-state index contributed by atoms with van der Waals surface area (Å²) in [7, 11) is 0. The van der Waals surface area contributed by atoms with Crippen LogP contribution in [0.3, 0.4) is 0 Å². The molecule has 1 N–H and O–H groups in total. The van der Waals surface area contributed by atoms with Crippen LogP contribution in [0.5, 0.6) is 0 Å². The molecular weight excluding hydrogens is 292 g/mol. The first-order valence-corrected chi connectivity index (χ1v) is 8.11. The first-order chi connectivity index (χ1) is 11.8. The third kappa shape index (κ3) is 2.80. The average Bonchev–Trinajstić information content (AvgIpc) is 3.34. The van der Waals surface area contributed by atoms with Crippen LogP contribution in [-0.4, -0.2) is 5.11 Å². The van der Waals surface area contributed by atoms with Gasteiger partial charge in [-0.25, -0.2) is 0 Å². The van der Waals surface area contributed by atoms with E-state index in [0.29, 0.717) is 0 Å². The van der Waals surface area contributed by atoms with Gasteiger partial charge in [-0.2, -0.15) is 0 Å². The maximum absolute atomic E-state index is 11.7. The van der Waals surface area contributed by atoms with E-state index in [4.69, 9.17) is 0 Å². The molecule has 1 nitrogen and oxygen atoms in total. The topological polar surface area (TPSA) is 20.2 Å². The molecule has 0 amide bonds. The van der Waals surface area contributed by atoms with Gasteiger partial charge in [0.05, 0.1) is 0 Å². The minimum Gasteiger partial charge on any atom is -0.380 e. The van der Waals surface area contributed by atoms with E-state index >= 15 is 0 Å². The summed E-state index contributed by atoms with van der Waals surface area (Å²) in [4.78, 5) is 0. The first-order valence-electron chi connectivity index (χ1n) is 8.11. The van der Waals surface area contributed by atoms with Crippen molar-refractivity contribution in [2.24, 2.45) is 0 Å². The summed E-state index contributed by atoms with van der Waals surface area (Å²) in [5, 5.41) is 11.7. The first kappa shape index (κ1) is 15.9. The Morgan fingerprint density at radius 1 is 0.583 bits per heavy atom. The van der Waals surface area contributed by atoms with E-state index in [1.807, 2.05) is 79.9 Å². The smallest absolute Gasteiger partial charge is 0.121 e. The Labute approximate surface area is 145 Å². The fourth-order valence-corrected chi connectivity index (χ4v) is 3.27. The van der Waals surface area contributed by atoms with E-state index in [9.17, 15) is 5.11 Å². The lowest BCUT2D eigenvalue weighted by Crippen LogP contribution is -2.34. The second-order valence-corrected chi connectivity index (χ2v) is 6.00. The maximum Gasteiger partial charge on any atom is 0.121 e. The highest BCUT2D eigenvalue weighted by Gasteiger charge is 2.46. The monoisotopic (exact) mass is 310 g/mol. The summed E-state index contributed by atoms with van der Waals surface area (Å²) in [6.07, 6.45) is 14.4. The van der Waals surface area contributed by atoms with E-state index in [1.165, 1.54) is 5.92 Å². The highest BCUT2D eigenvalue weighted by atomic mass is 16.3. The second-order valence-electron chi connectivity index (χ2n) is 6.00. The van der Waals surface area contributed by atoms with Crippen LogP contribution in [0.15, 0.2) is 60.7 Å². The molecule has 0 atom stereocenters. The van der Waals surface area contributed by atoms with Crippen LogP contribution >= 0.6 is 0 Å². The zero-order valence-electron chi connectivity index (χ0n) is 13.3. The van der Waals surface area contributed by atoms with Crippen LogP contribution in [0, 0.1) is 62.7 Å². The molecule has 4 rings (SSSR count). The van der Waals surface area contributed by atoms with Crippen molar-refractivity contribution in [2.45, 2.75) is 5.60 Å². The molecule has 1 heteroatoms. The minimum absolute atomic E-state index is 0.871. The van der Waals surface area contributed by atoms with Crippen LogP contribution in [0.4, 0.5) is 0 Å². The largest absolute Gasteiger partial charge is 0.380 e. The summed E-state index contributed by atoms with van der Waals surface area (Å²) in [5.74, 6) is 3.18. The molecule has 2 saturated carbocycles. The summed E-state index contributed by atoms with van der Waals surface area (Å²) in [6.45, 7) is 0. The van der Waals surface area contributed by atoms with Crippen molar-refractivity contribution in [3.8, 4) is 0 Å². The molecule has 0 bridgehead atoms. The van der Waals surface area contributed by atoms with Crippen LogP contribution in [0.2, 0.25) is 0 Å². The Morgan fingerprint density at radius 3 is 1.67 bits per heavy atom. The molecule has 24 heavy (non-hydrogen) atoms. The van der Waals surface area contributed by atoms with Gasteiger partial charge < -0.3 is 5.11 Å². The predicted octanol–water partition coefficient (Wildman–Crippen LogP) is 4.10. The molecule has 0 saturated heterocycles. The van der Waals surface area contributed by atoms with Crippen LogP contribution < -0.4 is 0 Å². The number of rotatable bonds is 4. The maximum atomic E-state index is 11.7. The van der Waals surface area contributed by atoms with Crippen molar-refractivity contribution in [3.63, 3.8) is 0 Å². The number of benzene rings is 2. The highest BCUT2D eigenvalue weighted by Crippen LogP contribution is 2.51. The van der Waals surface area contributed by atoms with Gasteiger partial charge in [0, 0.05) is 5.92 Å². The number of hydrogen-bond donors (Lipinski definition) is 1. The summed E-state index contributed by atoms with van der Waals surface area (Å²) in [5.41, 5.74) is 0.583. The lowest BCUT2D eigenvalue weighted by molar-refractivity contribution is 0.104. The Hall–Kier alpha value is -1.60. The van der Waals surface area contributed by atoms with Gasteiger partial charge >= 0.3 is 0 Å². The minimum atomic E-state index is -1.16. The molecular formula is C23H18O. The summed E-state index contributed by atoms with van der Waals surface area (Å²) < 4.78 is 0. The normalized spacial score (nSPS) is 20.7. The molecule has 2 aromatic carbocycles. The Balaban J connectivity index is 1.66. The van der Waals surface area contributed by atoms with Crippen LogP contribution in [-0.2, 0) is 5.60 Å². The third-order valence-electron chi connectivity index (χ3n) is 4.55. The van der Waals surface area contributed by atoms with Crippen LogP contribution in [0.25, 0.3) is 0 Å². The van der Waals surface area contributed by atoms with Crippen LogP contribution in [0.1, 0.15) is 11.1 Å². The van der Waals surface area contributed by atoms with Gasteiger partial charge in [-0.15, -0.1) is 0 Å². The van der Waals surface area contributed by atoms with E-state index in [2.05, 4.69) is 25.7 Å². The third-order valence-corrected chi connectivity index (χ3v) is 4.55. The van der Waals surface area contributed by atoms with Crippen molar-refractivity contribution < 1.29 is 5.11 Å². The van der Waals surface area contributed by atoms with Gasteiger partial charge in [-0.3, -0.25) is 0 Å². The van der Waals surface area contributed by atoms with Gasteiger partial charge in [0.25, 0.3) is 0 Å². The molecule has 2 aliphatic carbocycles. The van der Waals surface area contributed by atoms with E-state index in [0.717, 1.165) is 23.0 Å². The summed E-state index contributed by atoms with van der Waals surface area (Å²) in [6, 6.07) is 19.7. The number of hydrogen-bond acceptors (Lipinski definition) is 1. The fraction of sp³-hybridized carbons (Fsp3) is 0.0435. The van der Waals surface area contributed by atoms with Gasteiger partial charge in [0.2, 0.25) is 0 Å². The van der Waals surface area contributed by atoms with Gasteiger partial charge in [0.1, 0.15) is 5.60 Å². The van der Waals surface area contributed by atoms with Crippen molar-refractivity contribution in [1.29, 1.82) is 0 Å². The molecule has 0 unspecified atom stereocenters. The molecule has 2 fully saturated rings. The second kappa shape index (κ2) is 6.72. The highest BCUT2D eigenvalue weighted by molar-refractivity contribution is 5.63. The van der Waals surface area contributed by atoms with Gasteiger partial charge in [-0.05, 0) is 67.9 Å². The van der Waals surface area contributed by atoms with E-state index in [-0.39, 0.29) is 0 Å². The average molecular weight is 310 g/mol. The standard InChI is InChI=1S/C23H18O/c24-23(20-11-3-1-4-12-20,21-13-5-2-6-14-21)22-16-15-19(17-22)18-9-7-8-10-18/h1-17,24H. The zero-order chi connectivity index (χ0) is 16.4. The van der Waals surface area contributed by atoms with Crippen molar-refractivity contribution >= 4 is 0 Å². The van der Waals surface area contributed by atoms with Crippen molar-refractivity contribution in [3.05, 3.63) is 134 Å². The Kier molecular flexibility index (Phi) is 4.45. The van der Waals surface area contributed by atoms with Crippen molar-refractivity contribution in [2.75, 3.05) is 0 Å². The molecule has 0 heterocycles. The number of aliphatic hydroxyl groups is 1. The Bertz CT molecular complexity index is 603. The van der Waals surface area contributed by atoms with E-state index < -0.39 is 5.60 Å². The van der Waals surface area contributed by atoms with Crippen molar-refractivity contribution in [1.82, 2.24) is 0 Å². The SMILES string of the molecule is OC([C]1[CH][CH][C]([C]2[CH][CH][CH][CH]2)[CH]1)(c1ccccc1)c1ccccc1. The zero-order valence-corrected chi connectivity index (χ0v) is 13.3. The molecule has 0 aliphatic heterocycles. The Morgan fingerprint density at radius 2 is 1.12 bits per heavy atom. The van der Waals surface area contributed by atoms with E-state index in [1.54, 1.807) is 0 Å². The molecule has 2 aromatic rings. The molecule has 2 aliphatic rings. The fourth-order valence-electron chi connectivity index (χ4n) is 3.27. The quantitative estimate of drug-likeness (QED) is 0.901. The molecule has 116 valence electrons. The summed E-state index contributed by atoms with van der Waals surface area (Å²) >= 11 is 0. The predicted molar refractivity (Wildman–Crippen MR) is 95.7 cm³/mol. The lowest BCUT2D eigenvalue weighted by Gasteiger charge is -2.35. The van der Waals surface area contributed by atoms with Gasteiger partial charge in [0.15, 0.2) is 0 Å². The van der Waals surface area contributed by atoms with Gasteiger partial charge in [-0.1, -0.05) is 60.7 Å². The molecule has 0 spiro atoms. The molecule has 10 radical (unpaired) electrons. The lowest BCUT2D eigenvalue weighted by atomic mass is 9.74.